The second-order valence-electron chi connectivity index (χ2n) is 8.17. The van der Waals surface area contributed by atoms with Crippen LogP contribution in [0.15, 0.2) is 54.7 Å². The molecule has 0 aliphatic carbocycles. The van der Waals surface area contributed by atoms with Gasteiger partial charge in [-0.15, -0.1) is 0 Å². The van der Waals surface area contributed by atoms with E-state index in [-0.39, 0.29) is 6.61 Å². The Labute approximate surface area is 178 Å². The monoisotopic (exact) mass is 405 g/mol. The van der Waals surface area contributed by atoms with Crippen LogP contribution >= 0.6 is 0 Å². The topological polar surface area (TPSA) is 48.8 Å². The maximum atomic E-state index is 9.66. The molecule has 3 aromatic rings. The predicted octanol–water partition coefficient (Wildman–Crippen LogP) is 3.62. The number of para-hydroxylation sites is 1. The zero-order chi connectivity index (χ0) is 20.9. The summed E-state index contributed by atoms with van der Waals surface area (Å²) in [5.41, 5.74) is 4.82. The Hall–Kier alpha value is -2.47. The quantitative estimate of drug-likeness (QED) is 0.651. The first-order valence-corrected chi connectivity index (χ1v) is 10.7. The van der Waals surface area contributed by atoms with Gasteiger partial charge in [0.1, 0.15) is 5.75 Å². The fourth-order valence-electron chi connectivity index (χ4n) is 4.54. The first-order valence-electron chi connectivity index (χ1n) is 10.7. The summed E-state index contributed by atoms with van der Waals surface area (Å²) in [6, 6.07) is 17.3. The summed E-state index contributed by atoms with van der Waals surface area (Å²) in [5.74, 6) is 0.930. The molecule has 5 nitrogen and oxygen atoms in total. The number of fused-ring (bicyclic) bond motifs is 1. The molecule has 0 saturated carbocycles. The Balaban J connectivity index is 1.45. The molecule has 0 amide bonds. The number of hydrogen-bond acceptors (Lipinski definition) is 5. The zero-order valence-corrected chi connectivity index (χ0v) is 17.9. The van der Waals surface area contributed by atoms with Gasteiger partial charge in [0.05, 0.1) is 12.6 Å². The number of ether oxygens (including phenoxy) is 1. The maximum Gasteiger partial charge on any atom is 0.121 e. The molecular formula is C25H31N3O2. The van der Waals surface area contributed by atoms with Crippen molar-refractivity contribution in [3.63, 3.8) is 0 Å². The first-order chi connectivity index (χ1) is 14.7. The SMILES string of the molecule is COc1ccc(CN2CCN(Cc3cccc4cccnc34)CC2CCO)cc1C. The van der Waals surface area contributed by atoms with E-state index >= 15 is 0 Å². The van der Waals surface area contributed by atoms with Crippen LogP contribution in [0.2, 0.25) is 0 Å². The predicted molar refractivity (Wildman–Crippen MR) is 121 cm³/mol. The third-order valence-corrected chi connectivity index (χ3v) is 6.11. The molecule has 2 heterocycles. The van der Waals surface area contributed by atoms with E-state index in [1.165, 1.54) is 16.5 Å². The summed E-state index contributed by atoms with van der Waals surface area (Å²) < 4.78 is 5.39. The van der Waals surface area contributed by atoms with Crippen LogP contribution in [0.3, 0.4) is 0 Å². The molecule has 1 aromatic heterocycles. The first kappa shape index (κ1) is 20.8. The molecule has 2 aromatic carbocycles. The van der Waals surface area contributed by atoms with Gasteiger partial charge < -0.3 is 9.84 Å². The molecule has 158 valence electrons. The lowest BCUT2D eigenvalue weighted by Gasteiger charge is -2.41. The van der Waals surface area contributed by atoms with Crippen LogP contribution in [0.1, 0.15) is 23.1 Å². The lowest BCUT2D eigenvalue weighted by molar-refractivity contribution is 0.0501. The van der Waals surface area contributed by atoms with Crippen LogP contribution in [0.25, 0.3) is 10.9 Å². The number of rotatable bonds is 7. The highest BCUT2D eigenvalue weighted by Gasteiger charge is 2.27. The molecule has 1 unspecified atom stereocenters. The van der Waals surface area contributed by atoms with Crippen LogP contribution in [0, 0.1) is 6.92 Å². The number of aliphatic hydroxyl groups is 1. The number of nitrogens with zero attached hydrogens (tertiary/aromatic N) is 3. The number of aryl methyl sites for hydroxylation is 1. The maximum absolute atomic E-state index is 9.66. The van der Waals surface area contributed by atoms with Gasteiger partial charge in [-0.2, -0.15) is 0 Å². The average Bonchev–Trinajstić information content (AvgIpc) is 2.76. The number of aromatic nitrogens is 1. The number of aliphatic hydroxyl groups excluding tert-OH is 1. The number of methoxy groups -OCH3 is 1. The van der Waals surface area contributed by atoms with Crippen LogP contribution in [0.4, 0.5) is 0 Å². The van der Waals surface area contributed by atoms with Gasteiger partial charge in [-0.1, -0.05) is 36.4 Å². The molecule has 1 atom stereocenters. The largest absolute Gasteiger partial charge is 0.496 e. The lowest BCUT2D eigenvalue weighted by atomic mass is 10.0. The summed E-state index contributed by atoms with van der Waals surface area (Å²) in [4.78, 5) is 9.62. The fraction of sp³-hybridized carbons (Fsp3) is 0.400. The van der Waals surface area contributed by atoms with E-state index in [0.29, 0.717) is 6.04 Å². The van der Waals surface area contributed by atoms with Crippen LogP contribution < -0.4 is 4.74 Å². The third-order valence-electron chi connectivity index (χ3n) is 6.11. The van der Waals surface area contributed by atoms with E-state index in [9.17, 15) is 5.11 Å². The van der Waals surface area contributed by atoms with Crippen molar-refractivity contribution in [2.45, 2.75) is 32.5 Å². The Morgan fingerprint density at radius 3 is 2.77 bits per heavy atom. The molecule has 1 saturated heterocycles. The van der Waals surface area contributed by atoms with Crippen LogP contribution in [0.5, 0.6) is 5.75 Å². The Morgan fingerprint density at radius 1 is 1.10 bits per heavy atom. The van der Waals surface area contributed by atoms with Crippen molar-refractivity contribution < 1.29 is 9.84 Å². The summed E-state index contributed by atoms with van der Waals surface area (Å²) in [5, 5.41) is 10.9. The van der Waals surface area contributed by atoms with E-state index in [1.54, 1.807) is 7.11 Å². The van der Waals surface area contributed by atoms with Gasteiger partial charge >= 0.3 is 0 Å². The zero-order valence-electron chi connectivity index (χ0n) is 17.9. The highest BCUT2D eigenvalue weighted by Crippen LogP contribution is 2.24. The molecule has 5 heteroatoms. The van der Waals surface area contributed by atoms with Crippen molar-refractivity contribution in [1.29, 1.82) is 0 Å². The minimum absolute atomic E-state index is 0.215. The number of piperazine rings is 1. The molecule has 1 aliphatic rings. The smallest absolute Gasteiger partial charge is 0.121 e. The van der Waals surface area contributed by atoms with Crippen molar-refractivity contribution in [3.05, 3.63) is 71.4 Å². The molecular weight excluding hydrogens is 374 g/mol. The van der Waals surface area contributed by atoms with Gasteiger partial charge in [0, 0.05) is 57.0 Å². The van der Waals surface area contributed by atoms with Gasteiger partial charge in [-0.05, 0) is 42.2 Å². The van der Waals surface area contributed by atoms with Crippen molar-refractivity contribution in [2.75, 3.05) is 33.4 Å². The van der Waals surface area contributed by atoms with E-state index in [2.05, 4.69) is 64.2 Å². The van der Waals surface area contributed by atoms with E-state index in [0.717, 1.165) is 56.0 Å². The van der Waals surface area contributed by atoms with Gasteiger partial charge in [-0.25, -0.2) is 0 Å². The van der Waals surface area contributed by atoms with E-state index in [1.807, 2.05) is 12.3 Å². The Kier molecular flexibility index (Phi) is 6.62. The Morgan fingerprint density at radius 2 is 1.97 bits per heavy atom. The summed E-state index contributed by atoms with van der Waals surface area (Å²) >= 11 is 0. The van der Waals surface area contributed by atoms with Gasteiger partial charge in [0.2, 0.25) is 0 Å². The van der Waals surface area contributed by atoms with E-state index in [4.69, 9.17) is 4.74 Å². The average molecular weight is 406 g/mol. The lowest BCUT2D eigenvalue weighted by Crippen LogP contribution is -2.52. The minimum Gasteiger partial charge on any atom is -0.496 e. The summed E-state index contributed by atoms with van der Waals surface area (Å²) in [6.45, 7) is 7.06. The molecule has 1 aliphatic heterocycles. The highest BCUT2D eigenvalue weighted by molar-refractivity contribution is 5.81. The Bertz CT molecular complexity index is 986. The molecule has 1 fully saturated rings. The highest BCUT2D eigenvalue weighted by atomic mass is 16.5. The van der Waals surface area contributed by atoms with Crippen molar-refractivity contribution in [3.8, 4) is 5.75 Å². The normalized spacial score (nSPS) is 18.0. The van der Waals surface area contributed by atoms with Gasteiger partial charge in [0.15, 0.2) is 0 Å². The molecule has 0 radical (unpaired) electrons. The number of pyridine rings is 1. The molecule has 4 rings (SSSR count). The van der Waals surface area contributed by atoms with Gasteiger partial charge in [-0.3, -0.25) is 14.8 Å². The second kappa shape index (κ2) is 9.56. The number of hydrogen-bond donors (Lipinski definition) is 1. The van der Waals surface area contributed by atoms with Crippen molar-refractivity contribution >= 4 is 10.9 Å². The standard InChI is InChI=1S/C25H31N3O2/c1-19-15-20(8-9-24(19)30-2)16-28-13-12-27(18-23(28)10-14-29)17-22-6-3-5-21-7-4-11-26-25(21)22/h3-9,11,15,23,29H,10,12-14,16-18H2,1-2H3. The second-order valence-corrected chi connectivity index (χ2v) is 8.17. The number of benzene rings is 2. The third kappa shape index (κ3) is 4.64. The van der Waals surface area contributed by atoms with Gasteiger partial charge in [0.25, 0.3) is 0 Å². The summed E-state index contributed by atoms with van der Waals surface area (Å²) in [7, 11) is 1.71. The minimum atomic E-state index is 0.215. The molecule has 0 spiro atoms. The van der Waals surface area contributed by atoms with E-state index < -0.39 is 0 Å². The molecule has 0 bridgehead atoms. The van der Waals surface area contributed by atoms with Crippen LogP contribution in [-0.4, -0.2) is 59.3 Å². The van der Waals surface area contributed by atoms with Crippen molar-refractivity contribution in [1.82, 2.24) is 14.8 Å². The molecule has 30 heavy (non-hydrogen) atoms. The van der Waals surface area contributed by atoms with Crippen LogP contribution in [-0.2, 0) is 13.1 Å². The van der Waals surface area contributed by atoms with Crippen molar-refractivity contribution in [2.24, 2.45) is 0 Å². The summed E-state index contributed by atoms with van der Waals surface area (Å²) in [6.07, 6.45) is 2.66. The molecule has 1 N–H and O–H groups in total. The fourth-order valence-corrected chi connectivity index (χ4v) is 4.54.